The fourth-order valence-electron chi connectivity index (χ4n) is 3.14. The maximum atomic E-state index is 13.5. The van der Waals surface area contributed by atoms with E-state index in [0.717, 1.165) is 17.5 Å². The molecule has 0 unspecified atom stereocenters. The molecule has 0 spiro atoms. The van der Waals surface area contributed by atoms with E-state index in [1.807, 2.05) is 47.3 Å². The molecule has 4 rings (SSSR count). The molecule has 0 aliphatic carbocycles. The van der Waals surface area contributed by atoms with Gasteiger partial charge in [-0.25, -0.2) is 9.37 Å². The van der Waals surface area contributed by atoms with Crippen molar-refractivity contribution in [2.45, 2.75) is 6.42 Å². The topological polar surface area (TPSA) is 56.1 Å². The lowest BCUT2D eigenvalue weighted by atomic mass is 10.2. The number of aryl methyl sites for hydroxylation is 1. The van der Waals surface area contributed by atoms with Gasteiger partial charge in [0, 0.05) is 30.1 Å². The van der Waals surface area contributed by atoms with Crippen LogP contribution >= 0.6 is 11.3 Å². The molecule has 5 nitrogen and oxygen atoms in total. The van der Waals surface area contributed by atoms with E-state index in [4.69, 9.17) is 4.74 Å². The molecule has 0 bridgehead atoms. The zero-order valence-electron chi connectivity index (χ0n) is 15.9. The molecule has 2 heterocycles. The number of carbonyl (C=O) groups excluding carboxylic acids is 1. The molecule has 2 aromatic heterocycles. The van der Waals surface area contributed by atoms with Gasteiger partial charge in [-0.05, 0) is 42.1 Å². The molecule has 0 saturated carbocycles. The van der Waals surface area contributed by atoms with E-state index in [-0.39, 0.29) is 18.3 Å². The van der Waals surface area contributed by atoms with Crippen LogP contribution in [-0.2, 0) is 18.3 Å². The summed E-state index contributed by atoms with van der Waals surface area (Å²) in [6.45, 7) is 0.529. The standard InChI is InChI=1S/C22H20FN3O2S/c1-26-20-8-7-16(23)13-19(20)25-22(26)15-4-2-5-17(12-15)28-14-21(27)24-10-9-18-6-3-11-29-18/h2-8,11-13H,9-10,14H2,1H3,(H,24,27). The summed E-state index contributed by atoms with van der Waals surface area (Å²) in [4.78, 5) is 17.8. The number of imidazole rings is 1. The van der Waals surface area contributed by atoms with Gasteiger partial charge in [-0.1, -0.05) is 18.2 Å². The van der Waals surface area contributed by atoms with Crippen LogP contribution in [0, 0.1) is 5.82 Å². The van der Waals surface area contributed by atoms with Gasteiger partial charge in [-0.2, -0.15) is 0 Å². The number of nitrogens with zero attached hydrogens (tertiary/aromatic N) is 2. The first-order valence-corrected chi connectivity index (χ1v) is 10.1. The number of aromatic nitrogens is 2. The second kappa shape index (κ2) is 8.45. The van der Waals surface area contributed by atoms with Gasteiger partial charge in [0.05, 0.1) is 11.0 Å². The van der Waals surface area contributed by atoms with Crippen molar-refractivity contribution in [3.05, 3.63) is 70.7 Å². The van der Waals surface area contributed by atoms with Gasteiger partial charge < -0.3 is 14.6 Å². The average molecular weight is 409 g/mol. The van der Waals surface area contributed by atoms with Crippen LogP contribution in [0.2, 0.25) is 0 Å². The van der Waals surface area contributed by atoms with E-state index < -0.39 is 0 Å². The predicted molar refractivity (Wildman–Crippen MR) is 113 cm³/mol. The summed E-state index contributed by atoms with van der Waals surface area (Å²) in [5.74, 6) is 0.806. The molecule has 0 atom stereocenters. The second-order valence-electron chi connectivity index (χ2n) is 6.62. The number of rotatable bonds is 7. The summed E-state index contributed by atoms with van der Waals surface area (Å²) in [5.41, 5.74) is 2.27. The number of amides is 1. The number of ether oxygens (including phenoxy) is 1. The molecular weight excluding hydrogens is 389 g/mol. The Morgan fingerprint density at radius 3 is 2.93 bits per heavy atom. The Labute approximate surface area is 171 Å². The normalized spacial score (nSPS) is 11.0. The maximum Gasteiger partial charge on any atom is 0.257 e. The number of hydrogen-bond acceptors (Lipinski definition) is 4. The predicted octanol–water partition coefficient (Wildman–Crippen LogP) is 4.18. The Kier molecular flexibility index (Phi) is 5.57. The highest BCUT2D eigenvalue weighted by Crippen LogP contribution is 2.26. The molecule has 1 amide bonds. The van der Waals surface area contributed by atoms with Crippen molar-refractivity contribution >= 4 is 28.3 Å². The lowest BCUT2D eigenvalue weighted by molar-refractivity contribution is -0.123. The highest BCUT2D eigenvalue weighted by atomic mass is 32.1. The van der Waals surface area contributed by atoms with Crippen LogP contribution in [0.25, 0.3) is 22.4 Å². The zero-order valence-corrected chi connectivity index (χ0v) is 16.7. The van der Waals surface area contributed by atoms with E-state index in [1.165, 1.54) is 17.0 Å². The molecule has 0 aliphatic heterocycles. The Morgan fingerprint density at radius 1 is 1.21 bits per heavy atom. The molecule has 29 heavy (non-hydrogen) atoms. The van der Waals surface area contributed by atoms with E-state index in [9.17, 15) is 9.18 Å². The Morgan fingerprint density at radius 2 is 2.10 bits per heavy atom. The largest absolute Gasteiger partial charge is 0.484 e. The number of carbonyl (C=O) groups is 1. The number of thiophene rings is 1. The van der Waals surface area contributed by atoms with Gasteiger partial charge in [0.15, 0.2) is 6.61 Å². The summed E-state index contributed by atoms with van der Waals surface area (Å²) in [6, 6.07) is 16.0. The smallest absolute Gasteiger partial charge is 0.257 e. The number of nitrogens with one attached hydrogen (secondary N) is 1. The van der Waals surface area contributed by atoms with Gasteiger partial charge in [-0.3, -0.25) is 4.79 Å². The number of benzene rings is 2. The third kappa shape index (κ3) is 4.46. The van der Waals surface area contributed by atoms with Crippen molar-refractivity contribution in [3.63, 3.8) is 0 Å². The van der Waals surface area contributed by atoms with Crippen LogP contribution in [0.4, 0.5) is 4.39 Å². The summed E-state index contributed by atoms with van der Waals surface area (Å²) < 4.78 is 21.0. The molecule has 0 fully saturated rings. The van der Waals surface area contributed by atoms with Crippen LogP contribution < -0.4 is 10.1 Å². The van der Waals surface area contributed by atoms with Gasteiger partial charge in [0.2, 0.25) is 0 Å². The SMILES string of the molecule is Cn1c(-c2cccc(OCC(=O)NCCc3cccs3)c2)nc2cc(F)ccc21. The quantitative estimate of drug-likeness (QED) is 0.498. The molecule has 2 aromatic carbocycles. The van der Waals surface area contributed by atoms with Crippen LogP contribution in [0.5, 0.6) is 5.75 Å². The molecule has 0 saturated heterocycles. The first-order chi connectivity index (χ1) is 14.1. The van der Waals surface area contributed by atoms with E-state index in [1.54, 1.807) is 23.5 Å². The maximum absolute atomic E-state index is 13.5. The van der Waals surface area contributed by atoms with E-state index >= 15 is 0 Å². The average Bonchev–Trinajstić information content (AvgIpc) is 3.34. The Bertz CT molecular complexity index is 1140. The Balaban J connectivity index is 1.40. The molecule has 7 heteroatoms. The van der Waals surface area contributed by atoms with Crippen molar-refractivity contribution in [1.82, 2.24) is 14.9 Å². The lowest BCUT2D eigenvalue weighted by Crippen LogP contribution is -2.30. The summed E-state index contributed by atoms with van der Waals surface area (Å²) >= 11 is 1.68. The van der Waals surface area contributed by atoms with Gasteiger partial charge in [-0.15, -0.1) is 11.3 Å². The minimum atomic E-state index is -0.315. The van der Waals surface area contributed by atoms with Gasteiger partial charge in [0.25, 0.3) is 5.91 Å². The monoisotopic (exact) mass is 409 g/mol. The second-order valence-corrected chi connectivity index (χ2v) is 7.66. The van der Waals surface area contributed by atoms with E-state index in [0.29, 0.717) is 23.6 Å². The van der Waals surface area contributed by atoms with E-state index in [2.05, 4.69) is 10.3 Å². The molecule has 0 radical (unpaired) electrons. The van der Waals surface area contributed by atoms with Crippen LogP contribution in [0.1, 0.15) is 4.88 Å². The first kappa shape index (κ1) is 19.1. The van der Waals surface area contributed by atoms with Gasteiger partial charge >= 0.3 is 0 Å². The number of fused-ring (bicyclic) bond motifs is 1. The fourth-order valence-corrected chi connectivity index (χ4v) is 3.84. The van der Waals surface area contributed by atoms with Crippen molar-refractivity contribution in [3.8, 4) is 17.1 Å². The minimum absolute atomic E-state index is 0.0539. The minimum Gasteiger partial charge on any atom is -0.484 e. The number of halogens is 1. The van der Waals surface area contributed by atoms with Crippen molar-refractivity contribution in [1.29, 1.82) is 0 Å². The van der Waals surface area contributed by atoms with Crippen molar-refractivity contribution in [2.24, 2.45) is 7.05 Å². The number of hydrogen-bond donors (Lipinski definition) is 1. The van der Waals surface area contributed by atoms with Crippen LogP contribution in [0.3, 0.4) is 0 Å². The highest BCUT2D eigenvalue weighted by molar-refractivity contribution is 7.09. The van der Waals surface area contributed by atoms with Gasteiger partial charge in [0.1, 0.15) is 17.4 Å². The molecule has 148 valence electrons. The first-order valence-electron chi connectivity index (χ1n) is 9.24. The molecule has 0 aliphatic rings. The fraction of sp³-hybridized carbons (Fsp3) is 0.182. The third-order valence-electron chi connectivity index (χ3n) is 4.58. The lowest BCUT2D eigenvalue weighted by Gasteiger charge is -2.09. The van der Waals surface area contributed by atoms with Crippen molar-refractivity contribution < 1.29 is 13.9 Å². The Hall–Kier alpha value is -3.19. The molecular formula is C22H20FN3O2S. The highest BCUT2D eigenvalue weighted by Gasteiger charge is 2.12. The molecule has 1 N–H and O–H groups in total. The summed E-state index contributed by atoms with van der Waals surface area (Å²) in [5, 5.41) is 4.88. The zero-order chi connectivity index (χ0) is 20.2. The summed E-state index contributed by atoms with van der Waals surface area (Å²) in [7, 11) is 1.89. The summed E-state index contributed by atoms with van der Waals surface area (Å²) in [6.07, 6.45) is 0.812. The van der Waals surface area contributed by atoms with Crippen molar-refractivity contribution in [2.75, 3.05) is 13.2 Å². The van der Waals surface area contributed by atoms with Crippen LogP contribution in [0.15, 0.2) is 60.0 Å². The van der Waals surface area contributed by atoms with Crippen LogP contribution in [-0.4, -0.2) is 28.6 Å². The third-order valence-corrected chi connectivity index (χ3v) is 5.51. The molecule has 4 aromatic rings.